The highest BCUT2D eigenvalue weighted by Crippen LogP contribution is 2.21. The molecule has 3 nitrogen and oxygen atoms in total. The van der Waals surface area contributed by atoms with Crippen LogP contribution in [0, 0.1) is 0 Å². The van der Waals surface area contributed by atoms with Gasteiger partial charge in [-0.05, 0) is 26.0 Å². The molecule has 72 valence electrons. The normalized spacial score (nSPS) is 11.7. The molecule has 0 aliphatic carbocycles. The molecule has 0 aliphatic heterocycles. The van der Waals surface area contributed by atoms with Crippen LogP contribution in [0.4, 0.5) is 0 Å². The summed E-state index contributed by atoms with van der Waals surface area (Å²) >= 11 is 0. The van der Waals surface area contributed by atoms with E-state index in [-0.39, 0.29) is 6.61 Å². The summed E-state index contributed by atoms with van der Waals surface area (Å²) in [6.07, 6.45) is 0. The summed E-state index contributed by atoms with van der Waals surface area (Å²) in [5.41, 5.74) is 1.11. The quantitative estimate of drug-likeness (QED) is 0.767. The Kier molecular flexibility index (Phi) is 3.01. The first kappa shape index (κ1) is 10.2. The molecule has 0 bridgehead atoms. The molecule has 0 radical (unpaired) electrons. The first-order valence-corrected chi connectivity index (χ1v) is 4.22. The lowest BCUT2D eigenvalue weighted by atomic mass is 10.0. The minimum atomic E-state index is -0.398. The number of ether oxygens (including phenoxy) is 1. The Hall–Kier alpha value is -0.930. The van der Waals surface area contributed by atoms with E-state index in [9.17, 15) is 0 Å². The van der Waals surface area contributed by atoms with E-state index in [4.69, 9.17) is 9.84 Å². The monoisotopic (exact) mass is 181 g/mol. The zero-order valence-corrected chi connectivity index (χ0v) is 8.24. The van der Waals surface area contributed by atoms with Gasteiger partial charge in [0.1, 0.15) is 5.60 Å². The van der Waals surface area contributed by atoms with Crippen molar-refractivity contribution in [1.29, 1.82) is 0 Å². The topological polar surface area (TPSA) is 42.4 Å². The minimum absolute atomic E-state index is 0.0341. The zero-order chi connectivity index (χ0) is 9.90. The van der Waals surface area contributed by atoms with Gasteiger partial charge in [-0.15, -0.1) is 0 Å². The van der Waals surface area contributed by atoms with Crippen LogP contribution >= 0.6 is 0 Å². The smallest absolute Gasteiger partial charge is 0.104 e. The van der Waals surface area contributed by atoms with Crippen molar-refractivity contribution < 1.29 is 9.84 Å². The predicted molar refractivity (Wildman–Crippen MR) is 50.2 cm³/mol. The summed E-state index contributed by atoms with van der Waals surface area (Å²) in [6.45, 7) is 3.85. The number of pyridine rings is 1. The molecule has 0 spiro atoms. The lowest BCUT2D eigenvalue weighted by Gasteiger charge is -2.22. The van der Waals surface area contributed by atoms with E-state index in [2.05, 4.69) is 4.98 Å². The van der Waals surface area contributed by atoms with E-state index >= 15 is 0 Å². The molecule has 0 aromatic carbocycles. The molecule has 1 aromatic heterocycles. The fourth-order valence-electron chi connectivity index (χ4n) is 1.01. The van der Waals surface area contributed by atoms with Crippen molar-refractivity contribution in [2.75, 3.05) is 7.11 Å². The Morgan fingerprint density at radius 1 is 1.46 bits per heavy atom. The Morgan fingerprint density at radius 3 is 2.69 bits per heavy atom. The molecule has 3 heteroatoms. The molecule has 0 amide bonds. The van der Waals surface area contributed by atoms with Gasteiger partial charge in [0, 0.05) is 7.11 Å². The van der Waals surface area contributed by atoms with Crippen LogP contribution < -0.4 is 0 Å². The number of hydrogen-bond acceptors (Lipinski definition) is 3. The summed E-state index contributed by atoms with van der Waals surface area (Å²) < 4.78 is 5.28. The van der Waals surface area contributed by atoms with Crippen LogP contribution in [0.15, 0.2) is 18.2 Å². The zero-order valence-electron chi connectivity index (χ0n) is 8.24. The van der Waals surface area contributed by atoms with Gasteiger partial charge in [-0.1, -0.05) is 6.07 Å². The predicted octanol–water partition coefficient (Wildman–Crippen LogP) is 1.46. The van der Waals surface area contributed by atoms with Crippen molar-refractivity contribution in [2.45, 2.75) is 26.1 Å². The van der Waals surface area contributed by atoms with Crippen LogP contribution in [0.5, 0.6) is 0 Å². The summed E-state index contributed by atoms with van der Waals surface area (Å²) in [5.74, 6) is 0. The molecule has 0 unspecified atom stereocenters. The third kappa shape index (κ3) is 2.26. The van der Waals surface area contributed by atoms with E-state index in [0.717, 1.165) is 5.69 Å². The summed E-state index contributed by atoms with van der Waals surface area (Å²) in [6, 6.07) is 5.55. The van der Waals surface area contributed by atoms with Crippen molar-refractivity contribution in [2.24, 2.45) is 0 Å². The van der Waals surface area contributed by atoms with Crippen molar-refractivity contribution in [1.82, 2.24) is 4.98 Å². The fourth-order valence-corrected chi connectivity index (χ4v) is 1.01. The fraction of sp³-hybridized carbons (Fsp3) is 0.500. The second-order valence-corrected chi connectivity index (χ2v) is 3.39. The second-order valence-electron chi connectivity index (χ2n) is 3.39. The Labute approximate surface area is 78.4 Å². The van der Waals surface area contributed by atoms with Crippen molar-refractivity contribution in [3.63, 3.8) is 0 Å². The molecule has 1 rings (SSSR count). The van der Waals surface area contributed by atoms with Crippen LogP contribution in [0.3, 0.4) is 0 Å². The third-order valence-corrected chi connectivity index (χ3v) is 2.10. The van der Waals surface area contributed by atoms with Gasteiger partial charge in [0.2, 0.25) is 0 Å². The Balaban J connectivity index is 3.01. The molecule has 0 saturated carbocycles. The lowest BCUT2D eigenvalue weighted by Crippen LogP contribution is -2.21. The highest BCUT2D eigenvalue weighted by molar-refractivity contribution is 5.15. The molecular weight excluding hydrogens is 166 g/mol. The molecule has 1 N–H and O–H groups in total. The molecule has 1 aromatic rings. The lowest BCUT2D eigenvalue weighted by molar-refractivity contribution is 0.0152. The molecule has 13 heavy (non-hydrogen) atoms. The van der Waals surface area contributed by atoms with E-state index in [1.54, 1.807) is 13.2 Å². The molecule has 0 aliphatic rings. The van der Waals surface area contributed by atoms with E-state index in [1.807, 2.05) is 26.0 Å². The standard InChI is InChI=1S/C10H15NO2/c1-10(2,13-3)9-6-4-5-8(7-12)11-9/h4-6,12H,7H2,1-3H3. The molecule has 1 heterocycles. The number of rotatable bonds is 3. The van der Waals surface area contributed by atoms with Crippen LogP contribution in [0.25, 0.3) is 0 Å². The van der Waals surface area contributed by atoms with Gasteiger partial charge in [-0.3, -0.25) is 4.98 Å². The van der Waals surface area contributed by atoms with E-state index in [1.165, 1.54) is 0 Å². The van der Waals surface area contributed by atoms with Gasteiger partial charge in [0.05, 0.1) is 18.0 Å². The molecule has 0 fully saturated rings. The van der Waals surface area contributed by atoms with E-state index in [0.29, 0.717) is 5.69 Å². The van der Waals surface area contributed by atoms with Crippen LogP contribution in [-0.4, -0.2) is 17.2 Å². The molecule has 0 atom stereocenters. The number of aliphatic hydroxyl groups excluding tert-OH is 1. The average Bonchev–Trinajstić information content (AvgIpc) is 2.18. The van der Waals surface area contributed by atoms with Gasteiger partial charge in [-0.2, -0.15) is 0 Å². The van der Waals surface area contributed by atoms with Gasteiger partial charge in [0.15, 0.2) is 0 Å². The number of aliphatic hydroxyl groups is 1. The number of nitrogens with zero attached hydrogens (tertiary/aromatic N) is 1. The maximum atomic E-state index is 8.90. The SMILES string of the molecule is COC(C)(C)c1cccc(CO)n1. The van der Waals surface area contributed by atoms with Crippen molar-refractivity contribution in [3.05, 3.63) is 29.6 Å². The number of aromatic nitrogens is 1. The highest BCUT2D eigenvalue weighted by Gasteiger charge is 2.20. The summed E-state index contributed by atoms with van der Waals surface area (Å²) in [5, 5.41) is 8.90. The number of methoxy groups -OCH3 is 1. The first-order chi connectivity index (χ1) is 6.10. The summed E-state index contributed by atoms with van der Waals surface area (Å²) in [4.78, 5) is 4.26. The maximum Gasteiger partial charge on any atom is 0.104 e. The van der Waals surface area contributed by atoms with Gasteiger partial charge >= 0.3 is 0 Å². The molecular formula is C10H15NO2. The van der Waals surface area contributed by atoms with Crippen molar-refractivity contribution >= 4 is 0 Å². The van der Waals surface area contributed by atoms with E-state index < -0.39 is 5.60 Å². The summed E-state index contributed by atoms with van der Waals surface area (Å²) in [7, 11) is 1.65. The van der Waals surface area contributed by atoms with Crippen LogP contribution in [-0.2, 0) is 16.9 Å². The largest absolute Gasteiger partial charge is 0.390 e. The highest BCUT2D eigenvalue weighted by atomic mass is 16.5. The maximum absolute atomic E-state index is 8.90. The van der Waals surface area contributed by atoms with Gasteiger partial charge in [0.25, 0.3) is 0 Å². The van der Waals surface area contributed by atoms with Crippen LogP contribution in [0.2, 0.25) is 0 Å². The Bertz CT molecular complexity index is 284. The third-order valence-electron chi connectivity index (χ3n) is 2.10. The van der Waals surface area contributed by atoms with Crippen molar-refractivity contribution in [3.8, 4) is 0 Å². The van der Waals surface area contributed by atoms with Crippen LogP contribution in [0.1, 0.15) is 25.2 Å². The first-order valence-electron chi connectivity index (χ1n) is 4.22. The Morgan fingerprint density at radius 2 is 2.15 bits per heavy atom. The van der Waals surface area contributed by atoms with Gasteiger partial charge < -0.3 is 9.84 Å². The minimum Gasteiger partial charge on any atom is -0.390 e. The number of hydrogen-bond donors (Lipinski definition) is 1. The molecule has 0 saturated heterocycles. The van der Waals surface area contributed by atoms with Gasteiger partial charge in [-0.25, -0.2) is 0 Å². The average molecular weight is 181 g/mol. The second kappa shape index (κ2) is 3.85.